The second-order valence-electron chi connectivity index (χ2n) is 4.77. The smallest absolute Gasteiger partial charge is 0.333 e. The number of ketones is 1. The van der Waals surface area contributed by atoms with Gasteiger partial charge in [0.1, 0.15) is 0 Å². The van der Waals surface area contributed by atoms with E-state index in [1.54, 1.807) is 11.8 Å². The first-order valence-corrected chi connectivity index (χ1v) is 7.02. The summed E-state index contributed by atoms with van der Waals surface area (Å²) < 4.78 is 4.97. The van der Waals surface area contributed by atoms with Gasteiger partial charge in [-0.1, -0.05) is 13.0 Å². The lowest BCUT2D eigenvalue weighted by Gasteiger charge is -2.19. The van der Waals surface area contributed by atoms with Crippen LogP contribution in [0.2, 0.25) is 0 Å². The van der Waals surface area contributed by atoms with Crippen LogP contribution in [0.4, 0.5) is 0 Å². The van der Waals surface area contributed by atoms with Gasteiger partial charge >= 0.3 is 5.97 Å². The zero-order valence-corrected chi connectivity index (χ0v) is 12.7. The maximum Gasteiger partial charge on any atom is 0.333 e. The molecule has 114 valence electrons. The van der Waals surface area contributed by atoms with Gasteiger partial charge in [0, 0.05) is 25.6 Å². The number of unbranched alkanes of at least 4 members (excludes halogenated alkanes) is 3. The van der Waals surface area contributed by atoms with E-state index in [0.717, 1.165) is 25.7 Å². The van der Waals surface area contributed by atoms with Crippen molar-refractivity contribution in [1.82, 2.24) is 4.90 Å². The minimum absolute atomic E-state index is 0.353. The number of amides is 1. The molecule has 0 aliphatic heterocycles. The van der Waals surface area contributed by atoms with Crippen LogP contribution in [0.15, 0.2) is 12.2 Å². The maximum atomic E-state index is 11.5. The number of likely N-dealkylation sites (N-methyl/N-ethyl adjacent to an activating group) is 1. The Bertz CT molecular complexity index is 363. The van der Waals surface area contributed by atoms with E-state index >= 15 is 0 Å². The average molecular weight is 283 g/mol. The fourth-order valence-electron chi connectivity index (χ4n) is 1.67. The molecule has 0 spiro atoms. The predicted octanol–water partition coefficient (Wildman–Crippen LogP) is 2.10. The highest BCUT2D eigenvalue weighted by atomic mass is 16.5. The Morgan fingerprint density at radius 1 is 1.05 bits per heavy atom. The molecule has 0 saturated carbocycles. The van der Waals surface area contributed by atoms with Gasteiger partial charge in [0.15, 0.2) is 0 Å². The minimum atomic E-state index is -0.418. The van der Waals surface area contributed by atoms with Gasteiger partial charge in [0.25, 0.3) is 5.91 Å². The van der Waals surface area contributed by atoms with Crippen molar-refractivity contribution >= 4 is 17.7 Å². The molecule has 0 rings (SSSR count). The molecule has 0 unspecified atom stereocenters. The molecule has 0 N–H and O–H groups in total. The first-order chi connectivity index (χ1) is 9.40. The van der Waals surface area contributed by atoms with Crippen LogP contribution in [0.5, 0.6) is 0 Å². The highest BCUT2D eigenvalue weighted by Crippen LogP contribution is 2.04. The summed E-state index contributed by atoms with van der Waals surface area (Å²) in [5.41, 5.74) is 0.409. The van der Waals surface area contributed by atoms with Crippen molar-refractivity contribution in [2.75, 3.05) is 19.7 Å². The van der Waals surface area contributed by atoms with Crippen molar-refractivity contribution in [3.8, 4) is 0 Å². The molecular formula is C15H25NO4. The summed E-state index contributed by atoms with van der Waals surface area (Å²) in [5.74, 6) is -1.18. The second kappa shape index (κ2) is 10.2. The highest BCUT2D eigenvalue weighted by Gasteiger charge is 2.15. The van der Waals surface area contributed by atoms with Crippen LogP contribution >= 0.6 is 0 Å². The van der Waals surface area contributed by atoms with Crippen LogP contribution in [-0.4, -0.2) is 42.3 Å². The number of nitrogens with zero attached hydrogens (tertiary/aromatic N) is 1. The van der Waals surface area contributed by atoms with E-state index in [0.29, 0.717) is 25.3 Å². The summed E-state index contributed by atoms with van der Waals surface area (Å²) in [6.45, 7) is 9.82. The Balaban J connectivity index is 3.66. The van der Waals surface area contributed by atoms with E-state index in [-0.39, 0.29) is 5.97 Å². The summed E-state index contributed by atoms with van der Waals surface area (Å²) in [4.78, 5) is 35.1. The molecule has 0 radical (unpaired) electrons. The van der Waals surface area contributed by atoms with Gasteiger partial charge in [0.05, 0.1) is 6.61 Å². The Morgan fingerprint density at radius 2 is 1.65 bits per heavy atom. The van der Waals surface area contributed by atoms with Crippen molar-refractivity contribution in [3.05, 3.63) is 12.2 Å². The normalized spacial score (nSPS) is 9.95. The molecule has 0 bridgehead atoms. The van der Waals surface area contributed by atoms with Gasteiger partial charge < -0.3 is 9.64 Å². The van der Waals surface area contributed by atoms with E-state index in [2.05, 4.69) is 6.58 Å². The standard InChI is InChI=1S/C15H25NO4/c1-5-16(14(18)13(4)17)10-8-6-7-9-11-20-15(19)12(2)3/h2,5-11H2,1,3-4H3. The molecule has 20 heavy (non-hydrogen) atoms. The molecule has 0 aromatic rings. The van der Waals surface area contributed by atoms with Crippen LogP contribution in [0.25, 0.3) is 0 Å². The molecule has 0 aromatic heterocycles. The van der Waals surface area contributed by atoms with Gasteiger partial charge in [-0.3, -0.25) is 9.59 Å². The number of rotatable bonds is 10. The molecule has 5 nitrogen and oxygen atoms in total. The van der Waals surface area contributed by atoms with Gasteiger partial charge in [0.2, 0.25) is 5.78 Å². The van der Waals surface area contributed by atoms with E-state index in [9.17, 15) is 14.4 Å². The highest BCUT2D eigenvalue weighted by molar-refractivity contribution is 6.35. The SMILES string of the molecule is C=C(C)C(=O)OCCCCCCN(CC)C(=O)C(C)=O. The molecular weight excluding hydrogens is 258 g/mol. The number of Topliss-reactive ketones (excluding diaryl/α,β-unsaturated/α-hetero) is 1. The number of carbonyl (C=O) groups excluding carboxylic acids is 3. The van der Waals surface area contributed by atoms with Crippen molar-refractivity contribution in [2.45, 2.75) is 46.5 Å². The number of ether oxygens (including phenoxy) is 1. The lowest BCUT2D eigenvalue weighted by molar-refractivity contribution is -0.143. The third-order valence-electron chi connectivity index (χ3n) is 2.87. The number of hydrogen-bond acceptors (Lipinski definition) is 4. The van der Waals surface area contributed by atoms with Gasteiger partial charge in [-0.05, 0) is 33.1 Å². The maximum absolute atomic E-state index is 11.5. The summed E-state index contributed by atoms with van der Waals surface area (Å²) in [6, 6.07) is 0. The first kappa shape index (κ1) is 18.4. The Kier molecular flexibility index (Phi) is 9.34. The van der Waals surface area contributed by atoms with E-state index in [1.807, 2.05) is 6.92 Å². The lowest BCUT2D eigenvalue weighted by atomic mass is 10.2. The molecule has 1 amide bonds. The van der Waals surface area contributed by atoms with E-state index in [4.69, 9.17) is 4.74 Å². The monoisotopic (exact) mass is 283 g/mol. The number of carbonyl (C=O) groups is 3. The minimum Gasteiger partial charge on any atom is -0.462 e. The second-order valence-corrected chi connectivity index (χ2v) is 4.77. The van der Waals surface area contributed by atoms with Gasteiger partial charge in [-0.25, -0.2) is 4.79 Å². The zero-order valence-electron chi connectivity index (χ0n) is 12.7. The molecule has 0 aliphatic carbocycles. The molecule has 0 fully saturated rings. The largest absolute Gasteiger partial charge is 0.462 e. The quantitative estimate of drug-likeness (QED) is 0.266. The van der Waals surface area contributed by atoms with Gasteiger partial charge in [-0.2, -0.15) is 0 Å². The zero-order chi connectivity index (χ0) is 15.5. The van der Waals surface area contributed by atoms with Crippen LogP contribution in [0.3, 0.4) is 0 Å². The van der Waals surface area contributed by atoms with Crippen molar-refractivity contribution < 1.29 is 19.1 Å². The van der Waals surface area contributed by atoms with Crippen LogP contribution in [0, 0.1) is 0 Å². The molecule has 0 aromatic carbocycles. The van der Waals surface area contributed by atoms with Crippen LogP contribution in [-0.2, 0) is 19.1 Å². The fraction of sp³-hybridized carbons (Fsp3) is 0.667. The molecule has 0 aliphatic rings. The van der Waals surface area contributed by atoms with E-state index in [1.165, 1.54) is 6.92 Å². The first-order valence-electron chi connectivity index (χ1n) is 7.02. The van der Waals surface area contributed by atoms with Crippen LogP contribution < -0.4 is 0 Å². The molecule has 0 atom stereocenters. The Morgan fingerprint density at radius 3 is 2.15 bits per heavy atom. The average Bonchev–Trinajstić information content (AvgIpc) is 2.40. The third-order valence-corrected chi connectivity index (χ3v) is 2.87. The molecule has 5 heteroatoms. The summed E-state index contributed by atoms with van der Waals surface area (Å²) >= 11 is 0. The predicted molar refractivity (Wildman–Crippen MR) is 77.2 cm³/mol. The number of esters is 1. The summed E-state index contributed by atoms with van der Waals surface area (Å²) in [5, 5.41) is 0. The van der Waals surface area contributed by atoms with Crippen LogP contribution in [0.1, 0.15) is 46.5 Å². The number of hydrogen-bond donors (Lipinski definition) is 0. The molecule has 0 saturated heterocycles. The van der Waals surface area contributed by atoms with E-state index < -0.39 is 11.7 Å². The van der Waals surface area contributed by atoms with Crippen molar-refractivity contribution in [1.29, 1.82) is 0 Å². The fourth-order valence-corrected chi connectivity index (χ4v) is 1.67. The van der Waals surface area contributed by atoms with Crippen molar-refractivity contribution in [2.24, 2.45) is 0 Å². The molecule has 0 heterocycles. The van der Waals surface area contributed by atoms with Gasteiger partial charge in [-0.15, -0.1) is 0 Å². The summed E-state index contributed by atoms with van der Waals surface area (Å²) in [7, 11) is 0. The third kappa shape index (κ3) is 7.71. The topological polar surface area (TPSA) is 63.7 Å². The Labute approximate surface area is 121 Å². The summed E-state index contributed by atoms with van der Waals surface area (Å²) in [6.07, 6.45) is 3.51. The lowest BCUT2D eigenvalue weighted by Crippen LogP contribution is -2.35. The van der Waals surface area contributed by atoms with Crippen molar-refractivity contribution in [3.63, 3.8) is 0 Å². The Hall–Kier alpha value is -1.65.